The highest BCUT2D eigenvalue weighted by molar-refractivity contribution is 7.89. The van der Waals surface area contributed by atoms with E-state index in [-0.39, 0.29) is 29.8 Å². The number of hydrogen-bond donors (Lipinski definition) is 1. The molecule has 1 aromatic carbocycles. The lowest BCUT2D eigenvalue weighted by molar-refractivity contribution is -0.134. The molecule has 2 fully saturated rings. The summed E-state index contributed by atoms with van der Waals surface area (Å²) in [6.45, 7) is 6.84. The topological polar surface area (TPSA) is 83.7 Å². The Labute approximate surface area is 174 Å². The highest BCUT2D eigenvalue weighted by Gasteiger charge is 2.35. The molecule has 6 nitrogen and oxygen atoms in total. The summed E-state index contributed by atoms with van der Waals surface area (Å²) in [6, 6.07) is 7.11. The average Bonchev–Trinajstić information content (AvgIpc) is 3.18. The van der Waals surface area contributed by atoms with E-state index in [2.05, 4.69) is 13.8 Å². The van der Waals surface area contributed by atoms with Crippen LogP contribution in [0.5, 0.6) is 0 Å². The minimum atomic E-state index is -3.38. The molecule has 2 aliphatic heterocycles. The van der Waals surface area contributed by atoms with E-state index in [0.29, 0.717) is 37.4 Å². The highest BCUT2D eigenvalue weighted by atomic mass is 35.5. The van der Waals surface area contributed by atoms with Gasteiger partial charge in [0.25, 0.3) is 0 Å². The van der Waals surface area contributed by atoms with Crippen molar-refractivity contribution in [2.45, 2.75) is 56.9 Å². The maximum absolute atomic E-state index is 12.6. The molecule has 0 bridgehead atoms. The van der Waals surface area contributed by atoms with Crippen LogP contribution >= 0.6 is 12.4 Å². The SMILES string of the molecule is CC1(C)CN(C(=O)CCc2ccc(S(=O)(=O)N3CCCC3)cc2)CCC1N.Cl. The van der Waals surface area contributed by atoms with Gasteiger partial charge in [-0.3, -0.25) is 4.79 Å². The smallest absolute Gasteiger partial charge is 0.243 e. The molecule has 2 aliphatic rings. The highest BCUT2D eigenvalue weighted by Crippen LogP contribution is 2.28. The van der Waals surface area contributed by atoms with Gasteiger partial charge in [-0.1, -0.05) is 26.0 Å². The second-order valence-corrected chi connectivity index (χ2v) is 10.4. The second kappa shape index (κ2) is 9.11. The molecule has 0 aromatic heterocycles. The van der Waals surface area contributed by atoms with Gasteiger partial charge >= 0.3 is 0 Å². The number of benzene rings is 1. The van der Waals surface area contributed by atoms with Crippen molar-refractivity contribution >= 4 is 28.3 Å². The van der Waals surface area contributed by atoms with Crippen LogP contribution in [0.2, 0.25) is 0 Å². The molecule has 2 saturated heterocycles. The first kappa shape index (κ1) is 23.1. The lowest BCUT2D eigenvalue weighted by Gasteiger charge is -2.42. The number of nitrogens with zero attached hydrogens (tertiary/aromatic N) is 2. The number of likely N-dealkylation sites (tertiary alicyclic amines) is 1. The van der Waals surface area contributed by atoms with Gasteiger partial charge in [0.05, 0.1) is 4.90 Å². The fourth-order valence-corrected chi connectivity index (χ4v) is 5.42. The first-order chi connectivity index (χ1) is 12.7. The fraction of sp³-hybridized carbons (Fsp3) is 0.650. The summed E-state index contributed by atoms with van der Waals surface area (Å²) in [6.07, 6.45) is 3.74. The van der Waals surface area contributed by atoms with E-state index in [1.807, 2.05) is 17.0 Å². The number of hydrogen-bond acceptors (Lipinski definition) is 4. The Bertz CT molecular complexity index is 774. The third-order valence-corrected chi connectivity index (χ3v) is 7.83. The van der Waals surface area contributed by atoms with Gasteiger partial charge in [-0.25, -0.2) is 8.42 Å². The van der Waals surface area contributed by atoms with Crippen LogP contribution in [-0.2, 0) is 21.2 Å². The van der Waals surface area contributed by atoms with Gasteiger partial charge in [-0.2, -0.15) is 4.31 Å². The normalized spacial score (nSPS) is 22.7. The largest absolute Gasteiger partial charge is 0.342 e. The Balaban J connectivity index is 0.00000280. The van der Waals surface area contributed by atoms with Crippen molar-refractivity contribution in [3.63, 3.8) is 0 Å². The van der Waals surface area contributed by atoms with Crippen molar-refractivity contribution in [1.29, 1.82) is 0 Å². The van der Waals surface area contributed by atoms with Crippen molar-refractivity contribution < 1.29 is 13.2 Å². The van der Waals surface area contributed by atoms with Gasteiger partial charge in [-0.15, -0.1) is 12.4 Å². The molecule has 0 radical (unpaired) electrons. The maximum Gasteiger partial charge on any atom is 0.243 e. The van der Waals surface area contributed by atoms with Crippen LogP contribution in [0.1, 0.15) is 45.1 Å². The van der Waals surface area contributed by atoms with Crippen LogP contribution in [0.3, 0.4) is 0 Å². The molecule has 1 amide bonds. The number of halogens is 1. The summed E-state index contributed by atoms with van der Waals surface area (Å²) in [7, 11) is -3.38. The van der Waals surface area contributed by atoms with E-state index in [0.717, 1.165) is 31.4 Å². The van der Waals surface area contributed by atoms with Gasteiger partial charge in [0, 0.05) is 38.6 Å². The van der Waals surface area contributed by atoms with E-state index < -0.39 is 10.0 Å². The molecule has 0 aliphatic carbocycles. The van der Waals surface area contributed by atoms with Crippen LogP contribution in [0.4, 0.5) is 0 Å². The van der Waals surface area contributed by atoms with E-state index >= 15 is 0 Å². The third kappa shape index (κ3) is 5.06. The van der Waals surface area contributed by atoms with Crippen molar-refractivity contribution in [2.24, 2.45) is 11.1 Å². The summed E-state index contributed by atoms with van der Waals surface area (Å²) >= 11 is 0. The lowest BCUT2D eigenvalue weighted by Crippen LogP contribution is -2.54. The number of amides is 1. The number of carbonyl (C=O) groups is 1. The fourth-order valence-electron chi connectivity index (χ4n) is 3.90. The Morgan fingerprint density at radius 1 is 1.14 bits per heavy atom. The van der Waals surface area contributed by atoms with E-state index in [4.69, 9.17) is 5.73 Å². The van der Waals surface area contributed by atoms with Crippen molar-refractivity contribution in [3.05, 3.63) is 29.8 Å². The van der Waals surface area contributed by atoms with E-state index in [1.165, 1.54) is 0 Å². The zero-order valence-electron chi connectivity index (χ0n) is 16.8. The van der Waals surface area contributed by atoms with Crippen LogP contribution in [0.15, 0.2) is 29.2 Å². The maximum atomic E-state index is 12.6. The van der Waals surface area contributed by atoms with Crippen molar-refractivity contribution in [2.75, 3.05) is 26.2 Å². The molecule has 1 atom stereocenters. The molecule has 0 spiro atoms. The van der Waals surface area contributed by atoms with Crippen LogP contribution in [0.25, 0.3) is 0 Å². The molecule has 158 valence electrons. The van der Waals surface area contributed by atoms with Gasteiger partial charge in [0.15, 0.2) is 0 Å². The van der Waals surface area contributed by atoms with Gasteiger partial charge < -0.3 is 10.6 Å². The number of piperidine rings is 1. The Morgan fingerprint density at radius 2 is 1.75 bits per heavy atom. The first-order valence-electron chi connectivity index (χ1n) is 9.82. The summed E-state index contributed by atoms with van der Waals surface area (Å²) < 4.78 is 26.7. The Hall–Kier alpha value is -1.15. The molecule has 2 heterocycles. The van der Waals surface area contributed by atoms with Crippen LogP contribution in [-0.4, -0.2) is 55.8 Å². The zero-order valence-corrected chi connectivity index (χ0v) is 18.4. The van der Waals surface area contributed by atoms with Crippen LogP contribution in [0, 0.1) is 5.41 Å². The molecule has 3 rings (SSSR count). The summed E-state index contributed by atoms with van der Waals surface area (Å²) in [5.41, 5.74) is 7.07. The molecule has 0 saturated carbocycles. The summed E-state index contributed by atoms with van der Waals surface area (Å²) in [5.74, 6) is 0.142. The van der Waals surface area contributed by atoms with E-state index in [9.17, 15) is 13.2 Å². The number of sulfonamides is 1. The molecule has 1 aromatic rings. The second-order valence-electron chi connectivity index (χ2n) is 8.45. The summed E-state index contributed by atoms with van der Waals surface area (Å²) in [4.78, 5) is 14.8. The standard InChI is InChI=1S/C20H31N3O3S.ClH/c1-20(2)15-22(14-11-18(20)21)19(24)10-7-16-5-8-17(9-6-16)27(25,26)23-12-3-4-13-23;/h5-6,8-9,18H,3-4,7,10-15,21H2,1-2H3;1H. The van der Waals surface area contributed by atoms with Gasteiger partial charge in [0.1, 0.15) is 0 Å². The molecule has 28 heavy (non-hydrogen) atoms. The zero-order chi connectivity index (χ0) is 19.7. The van der Waals surface area contributed by atoms with E-state index in [1.54, 1.807) is 16.4 Å². The number of aryl methyl sites for hydroxylation is 1. The lowest BCUT2D eigenvalue weighted by atomic mass is 9.79. The molecule has 1 unspecified atom stereocenters. The molecular weight excluding hydrogens is 398 g/mol. The summed E-state index contributed by atoms with van der Waals surface area (Å²) in [5, 5.41) is 0. The molecule has 2 N–H and O–H groups in total. The minimum absolute atomic E-state index is 0. The van der Waals surface area contributed by atoms with Gasteiger partial charge in [-0.05, 0) is 48.8 Å². The number of nitrogens with two attached hydrogens (primary N) is 1. The predicted octanol–water partition coefficient (Wildman–Crippen LogP) is 2.41. The first-order valence-corrected chi connectivity index (χ1v) is 11.3. The molecule has 8 heteroatoms. The van der Waals surface area contributed by atoms with Crippen molar-refractivity contribution in [3.8, 4) is 0 Å². The average molecular weight is 430 g/mol. The Morgan fingerprint density at radius 3 is 2.32 bits per heavy atom. The van der Waals surface area contributed by atoms with Crippen molar-refractivity contribution in [1.82, 2.24) is 9.21 Å². The number of rotatable bonds is 5. The third-order valence-electron chi connectivity index (χ3n) is 5.92. The predicted molar refractivity (Wildman–Crippen MR) is 113 cm³/mol. The Kier molecular flexibility index (Phi) is 7.53. The monoisotopic (exact) mass is 429 g/mol. The van der Waals surface area contributed by atoms with Gasteiger partial charge in [0.2, 0.25) is 15.9 Å². The van der Waals surface area contributed by atoms with Crippen LogP contribution < -0.4 is 5.73 Å². The quantitative estimate of drug-likeness (QED) is 0.778. The number of carbonyl (C=O) groups excluding carboxylic acids is 1. The minimum Gasteiger partial charge on any atom is -0.342 e. The molecular formula is C20H32ClN3O3S.